The lowest BCUT2D eigenvalue weighted by Gasteiger charge is -2.33. The van der Waals surface area contributed by atoms with Crippen LogP contribution in [-0.2, 0) is 20.9 Å². The number of thioether (sulfide) groups is 1. The molecule has 3 rings (SSSR count). The summed E-state index contributed by atoms with van der Waals surface area (Å²) in [5.41, 5.74) is 6.86. The molecule has 1 aromatic carbocycles. The molecule has 2 aromatic rings. The second-order valence-corrected chi connectivity index (χ2v) is 8.64. The van der Waals surface area contributed by atoms with Crippen molar-refractivity contribution in [3.8, 4) is 5.75 Å². The minimum atomic E-state index is -1.57. The van der Waals surface area contributed by atoms with Gasteiger partial charge in [-0.2, -0.15) is 0 Å². The Bertz CT molecular complexity index is 859. The Morgan fingerprint density at radius 1 is 1.27 bits per heavy atom. The van der Waals surface area contributed by atoms with E-state index in [1.165, 1.54) is 11.8 Å². The summed E-state index contributed by atoms with van der Waals surface area (Å²) in [4.78, 5) is 25.0. The van der Waals surface area contributed by atoms with Gasteiger partial charge >= 0.3 is 5.97 Å². The summed E-state index contributed by atoms with van der Waals surface area (Å²) in [5.74, 6) is -1.33. The van der Waals surface area contributed by atoms with Gasteiger partial charge in [0.05, 0.1) is 5.69 Å². The van der Waals surface area contributed by atoms with Crippen LogP contribution in [0.3, 0.4) is 0 Å². The molecular formula is C17H16Cl2N2O4S. The van der Waals surface area contributed by atoms with Crippen LogP contribution in [0, 0.1) is 0 Å². The Hall–Kier alpha value is -1.83. The van der Waals surface area contributed by atoms with Crippen LogP contribution in [0.5, 0.6) is 5.75 Å². The fourth-order valence-corrected chi connectivity index (χ4v) is 5.26. The van der Waals surface area contributed by atoms with Crippen LogP contribution in [0.2, 0.25) is 0 Å². The zero-order chi connectivity index (χ0) is 18.9. The van der Waals surface area contributed by atoms with Gasteiger partial charge in [-0.3, -0.25) is 4.79 Å². The number of aliphatic carboxylic acids is 1. The number of amides is 1. The number of hydrogen-bond acceptors (Lipinski definition) is 4. The van der Waals surface area contributed by atoms with Gasteiger partial charge in [0.25, 0.3) is 0 Å². The van der Waals surface area contributed by atoms with Crippen LogP contribution in [0.4, 0.5) is 0 Å². The van der Waals surface area contributed by atoms with E-state index in [1.54, 1.807) is 24.4 Å². The molecule has 0 saturated carbocycles. The molecule has 1 aliphatic heterocycles. The highest BCUT2D eigenvalue weighted by atomic mass is 35.5. The molecule has 1 aromatic heterocycles. The molecule has 0 spiro atoms. The van der Waals surface area contributed by atoms with Gasteiger partial charge in [0.1, 0.15) is 9.96 Å². The van der Waals surface area contributed by atoms with Crippen LogP contribution in [0.1, 0.15) is 17.7 Å². The lowest BCUT2D eigenvalue weighted by Crippen LogP contribution is -2.48. The Morgan fingerprint density at radius 2 is 2.00 bits per heavy atom. The summed E-state index contributed by atoms with van der Waals surface area (Å²) in [7, 11) is 0. The maximum Gasteiger partial charge on any atom is 0.341 e. The summed E-state index contributed by atoms with van der Waals surface area (Å²) in [6.45, 7) is -0.441. The number of fused-ring (bicyclic) bond motifs is 1. The average Bonchev–Trinajstić information content (AvgIpc) is 3.13. The SMILES string of the molecule is NC(=O)C1(Cl)c2[nH]ccc2SC1(Cl)CCc1ccccc1OCC(=O)O. The first-order chi connectivity index (χ1) is 12.3. The van der Waals surface area contributed by atoms with Crippen LogP contribution in [-0.4, -0.2) is 32.8 Å². The maximum atomic E-state index is 12.1. The molecule has 0 aliphatic carbocycles. The smallest absolute Gasteiger partial charge is 0.341 e. The van der Waals surface area contributed by atoms with Crippen molar-refractivity contribution < 1.29 is 19.4 Å². The molecule has 1 aliphatic rings. The van der Waals surface area contributed by atoms with Gasteiger partial charge in [0, 0.05) is 11.1 Å². The highest BCUT2D eigenvalue weighted by Crippen LogP contribution is 2.62. The van der Waals surface area contributed by atoms with E-state index in [0.29, 0.717) is 24.3 Å². The van der Waals surface area contributed by atoms with Gasteiger partial charge < -0.3 is 20.6 Å². The quantitative estimate of drug-likeness (QED) is 0.603. The Kier molecular flexibility index (Phi) is 5.14. The molecular weight excluding hydrogens is 399 g/mol. The molecule has 2 heterocycles. The third kappa shape index (κ3) is 3.15. The predicted molar refractivity (Wildman–Crippen MR) is 99.9 cm³/mol. The van der Waals surface area contributed by atoms with E-state index in [1.807, 2.05) is 12.1 Å². The van der Waals surface area contributed by atoms with Crippen molar-refractivity contribution in [1.29, 1.82) is 0 Å². The first-order valence-electron chi connectivity index (χ1n) is 7.75. The van der Waals surface area contributed by atoms with Gasteiger partial charge in [0.2, 0.25) is 5.91 Å². The van der Waals surface area contributed by atoms with Crippen molar-refractivity contribution in [2.24, 2.45) is 5.73 Å². The Labute approximate surface area is 164 Å². The number of aromatic nitrogens is 1. The van der Waals surface area contributed by atoms with Crippen molar-refractivity contribution in [1.82, 2.24) is 4.98 Å². The molecule has 26 heavy (non-hydrogen) atoms. The second-order valence-electron chi connectivity index (χ2n) is 5.86. The zero-order valence-corrected chi connectivity index (χ0v) is 15.8. The predicted octanol–water partition coefficient (Wildman–Crippen LogP) is 3.07. The number of primary amides is 1. The van der Waals surface area contributed by atoms with Crippen LogP contribution >= 0.6 is 35.0 Å². The van der Waals surface area contributed by atoms with E-state index in [0.717, 1.165) is 10.5 Å². The fourth-order valence-electron chi connectivity index (χ4n) is 2.96. The number of ether oxygens (including phenoxy) is 1. The Morgan fingerprint density at radius 3 is 2.69 bits per heavy atom. The molecule has 2 atom stereocenters. The van der Waals surface area contributed by atoms with Crippen LogP contribution in [0.15, 0.2) is 41.4 Å². The molecule has 138 valence electrons. The Balaban J connectivity index is 1.83. The van der Waals surface area contributed by atoms with Gasteiger partial charge in [-0.15, -0.1) is 11.6 Å². The largest absolute Gasteiger partial charge is 0.482 e. The van der Waals surface area contributed by atoms with E-state index in [-0.39, 0.29) is 0 Å². The van der Waals surface area contributed by atoms with Crippen LogP contribution < -0.4 is 10.5 Å². The number of carboxylic acid groups (broad SMARTS) is 1. The highest BCUT2D eigenvalue weighted by Gasteiger charge is 2.62. The van der Waals surface area contributed by atoms with E-state index in [9.17, 15) is 9.59 Å². The molecule has 1 amide bonds. The summed E-state index contributed by atoms with van der Waals surface area (Å²) in [6.07, 6.45) is 2.43. The number of nitrogens with two attached hydrogens (primary N) is 1. The van der Waals surface area contributed by atoms with E-state index in [4.69, 9.17) is 38.8 Å². The second kappa shape index (κ2) is 7.06. The molecule has 0 fully saturated rings. The topological polar surface area (TPSA) is 105 Å². The standard InChI is InChI=1S/C17H16Cl2N2O4S/c18-16(17(19,15(20)24)14-12(26-16)6-8-21-14)7-5-10-3-1-2-4-11(10)25-9-13(22)23/h1-4,6,8,21H,5,7,9H2,(H2,20,24)(H,22,23). The number of alkyl halides is 2. The number of aromatic amines is 1. The molecule has 0 bridgehead atoms. The van der Waals surface area contributed by atoms with E-state index in [2.05, 4.69) is 4.98 Å². The first kappa shape index (κ1) is 18.9. The molecule has 2 unspecified atom stereocenters. The number of H-pyrrole nitrogens is 1. The normalized spacial score (nSPS) is 24.2. The van der Waals surface area contributed by atoms with E-state index < -0.39 is 27.6 Å². The number of hydrogen-bond donors (Lipinski definition) is 3. The maximum absolute atomic E-state index is 12.1. The summed E-state index contributed by atoms with van der Waals surface area (Å²) < 4.78 is 4.13. The van der Waals surface area contributed by atoms with Crippen LogP contribution in [0.25, 0.3) is 0 Å². The number of halogens is 2. The van der Waals surface area contributed by atoms with Crippen molar-refractivity contribution in [2.45, 2.75) is 26.8 Å². The number of carbonyl (C=O) groups is 2. The number of benzene rings is 1. The van der Waals surface area contributed by atoms with Crippen molar-refractivity contribution in [2.75, 3.05) is 6.61 Å². The number of carboxylic acids is 1. The highest BCUT2D eigenvalue weighted by molar-refractivity contribution is 8.02. The monoisotopic (exact) mass is 414 g/mol. The average molecular weight is 415 g/mol. The molecule has 9 heteroatoms. The van der Waals surface area contributed by atoms with Crippen molar-refractivity contribution >= 4 is 46.8 Å². The lowest BCUT2D eigenvalue weighted by atomic mass is 9.94. The molecule has 0 saturated heterocycles. The minimum Gasteiger partial charge on any atom is -0.482 e. The summed E-state index contributed by atoms with van der Waals surface area (Å²) in [5, 5.41) is 8.79. The van der Waals surface area contributed by atoms with E-state index >= 15 is 0 Å². The van der Waals surface area contributed by atoms with Gasteiger partial charge in [-0.1, -0.05) is 41.6 Å². The number of rotatable bonds is 7. The van der Waals surface area contributed by atoms with Gasteiger partial charge in [-0.25, -0.2) is 4.79 Å². The fraction of sp³-hybridized carbons (Fsp3) is 0.294. The summed E-state index contributed by atoms with van der Waals surface area (Å²) >= 11 is 14.7. The molecule has 0 radical (unpaired) electrons. The van der Waals surface area contributed by atoms with Crippen molar-refractivity contribution in [3.05, 3.63) is 47.8 Å². The van der Waals surface area contributed by atoms with Crippen molar-refractivity contribution in [3.63, 3.8) is 0 Å². The summed E-state index contributed by atoms with van der Waals surface area (Å²) in [6, 6.07) is 8.87. The first-order valence-corrected chi connectivity index (χ1v) is 9.32. The number of nitrogens with one attached hydrogen (secondary N) is 1. The number of aryl methyl sites for hydroxylation is 1. The third-order valence-electron chi connectivity index (χ3n) is 4.22. The molecule has 6 nitrogen and oxygen atoms in total. The van der Waals surface area contributed by atoms with Gasteiger partial charge in [0.15, 0.2) is 11.5 Å². The molecule has 4 N–H and O–H groups in total. The lowest BCUT2D eigenvalue weighted by molar-refractivity contribution is -0.139. The third-order valence-corrected chi connectivity index (χ3v) is 7.22. The van der Waals surface area contributed by atoms with Gasteiger partial charge in [-0.05, 0) is 30.5 Å². The minimum absolute atomic E-state index is 0.321. The number of para-hydroxylation sites is 1. The number of carbonyl (C=O) groups excluding carboxylic acids is 1. The zero-order valence-electron chi connectivity index (χ0n) is 13.5.